The maximum absolute atomic E-state index is 12.1. The van der Waals surface area contributed by atoms with Crippen LogP contribution in [-0.2, 0) is 6.61 Å². The van der Waals surface area contributed by atoms with Crippen LogP contribution in [0.1, 0.15) is 16.3 Å². The Morgan fingerprint density at radius 1 is 1.38 bits per heavy atom. The monoisotopic (exact) mass is 364 g/mol. The highest BCUT2D eigenvalue weighted by molar-refractivity contribution is 9.10. The third kappa shape index (κ3) is 2.87. The Morgan fingerprint density at radius 2 is 2.19 bits per heavy atom. The maximum Gasteiger partial charge on any atom is 0.260 e. The minimum atomic E-state index is -0.102. The van der Waals surface area contributed by atoms with Gasteiger partial charge in [-0.05, 0) is 37.6 Å². The summed E-state index contributed by atoms with van der Waals surface area (Å²) in [6.45, 7) is 4.18. The molecule has 0 radical (unpaired) electrons. The first kappa shape index (κ1) is 14.3. The van der Waals surface area contributed by atoms with Gasteiger partial charge in [-0.2, -0.15) is 0 Å². The molecule has 1 aromatic carbocycles. The number of halogens is 1. The molecule has 0 saturated heterocycles. The lowest BCUT2D eigenvalue weighted by molar-refractivity contribution is 0.296. The number of hydrogen-bond acceptors (Lipinski definition) is 4. The average Bonchev–Trinajstić information content (AvgIpc) is 2.72. The Morgan fingerprint density at radius 3 is 2.95 bits per heavy atom. The summed E-state index contributed by atoms with van der Waals surface area (Å²) in [6.07, 6.45) is 0. The van der Waals surface area contributed by atoms with Crippen molar-refractivity contribution in [2.75, 3.05) is 0 Å². The number of rotatable bonds is 3. The van der Waals surface area contributed by atoms with E-state index in [-0.39, 0.29) is 12.2 Å². The highest BCUT2D eigenvalue weighted by atomic mass is 79.9. The number of aryl methyl sites for hydroxylation is 2. The van der Waals surface area contributed by atoms with E-state index in [1.807, 2.05) is 38.1 Å². The minimum Gasteiger partial charge on any atom is -0.486 e. The molecule has 3 aromatic rings. The summed E-state index contributed by atoms with van der Waals surface area (Å²) in [5, 5.41) is 0.684. The number of H-pyrrole nitrogens is 1. The van der Waals surface area contributed by atoms with Crippen molar-refractivity contribution in [2.24, 2.45) is 0 Å². The Kier molecular flexibility index (Phi) is 3.82. The zero-order chi connectivity index (χ0) is 15.0. The van der Waals surface area contributed by atoms with E-state index in [2.05, 4.69) is 25.9 Å². The Hall–Kier alpha value is -1.66. The summed E-state index contributed by atoms with van der Waals surface area (Å²) in [5.74, 6) is 1.26. The van der Waals surface area contributed by atoms with Crippen molar-refractivity contribution >= 4 is 37.5 Å². The first-order valence-corrected chi connectivity index (χ1v) is 8.03. The van der Waals surface area contributed by atoms with Crippen LogP contribution in [0.3, 0.4) is 0 Å². The van der Waals surface area contributed by atoms with E-state index in [1.165, 1.54) is 11.3 Å². The van der Waals surface area contributed by atoms with Crippen LogP contribution in [0.2, 0.25) is 0 Å². The van der Waals surface area contributed by atoms with Crippen molar-refractivity contribution in [3.8, 4) is 5.75 Å². The van der Waals surface area contributed by atoms with Gasteiger partial charge in [-0.3, -0.25) is 4.79 Å². The van der Waals surface area contributed by atoms with Gasteiger partial charge in [-0.15, -0.1) is 11.3 Å². The van der Waals surface area contributed by atoms with E-state index in [0.717, 1.165) is 25.5 Å². The maximum atomic E-state index is 12.1. The predicted molar refractivity (Wildman–Crippen MR) is 88.2 cm³/mol. The highest BCUT2D eigenvalue weighted by Crippen LogP contribution is 2.26. The standard InChI is InChI=1S/C15H13BrN2O2S/c1-8-9(2)21-15-13(8)14(19)17-12(18-15)7-20-11-5-3-4-10(16)6-11/h3-6H,7H2,1-2H3,(H,17,18,19). The van der Waals surface area contributed by atoms with E-state index >= 15 is 0 Å². The molecule has 0 aliphatic carbocycles. The number of benzene rings is 1. The van der Waals surface area contributed by atoms with Crippen LogP contribution >= 0.6 is 27.3 Å². The molecular formula is C15H13BrN2O2S. The molecule has 0 bridgehead atoms. The minimum absolute atomic E-state index is 0.102. The normalized spacial score (nSPS) is 11.0. The van der Waals surface area contributed by atoms with Crippen molar-refractivity contribution in [3.63, 3.8) is 0 Å². The van der Waals surface area contributed by atoms with Crippen LogP contribution in [0.4, 0.5) is 0 Å². The van der Waals surface area contributed by atoms with Gasteiger partial charge in [0.2, 0.25) is 0 Å². The number of hydrogen-bond donors (Lipinski definition) is 1. The summed E-state index contributed by atoms with van der Waals surface area (Å²) < 4.78 is 6.60. The van der Waals surface area contributed by atoms with Crippen LogP contribution in [0.15, 0.2) is 33.5 Å². The highest BCUT2D eigenvalue weighted by Gasteiger charge is 2.12. The van der Waals surface area contributed by atoms with Crippen LogP contribution in [0, 0.1) is 13.8 Å². The smallest absolute Gasteiger partial charge is 0.260 e. The molecule has 1 N–H and O–H groups in total. The fraction of sp³-hybridized carbons (Fsp3) is 0.200. The molecule has 0 spiro atoms. The van der Waals surface area contributed by atoms with Crippen molar-refractivity contribution in [2.45, 2.75) is 20.5 Å². The van der Waals surface area contributed by atoms with E-state index in [1.54, 1.807) is 0 Å². The van der Waals surface area contributed by atoms with Crippen LogP contribution in [0.5, 0.6) is 5.75 Å². The molecular weight excluding hydrogens is 352 g/mol. The van der Waals surface area contributed by atoms with Crippen LogP contribution in [0.25, 0.3) is 10.2 Å². The number of aromatic nitrogens is 2. The van der Waals surface area contributed by atoms with Gasteiger partial charge in [0.25, 0.3) is 5.56 Å². The fourth-order valence-corrected chi connectivity index (χ4v) is 3.50. The first-order valence-electron chi connectivity index (χ1n) is 6.42. The van der Waals surface area contributed by atoms with Gasteiger partial charge in [-0.1, -0.05) is 22.0 Å². The lowest BCUT2D eigenvalue weighted by atomic mass is 10.2. The molecule has 0 fully saturated rings. The Bertz CT molecular complexity index is 870. The SMILES string of the molecule is Cc1sc2nc(COc3cccc(Br)c3)[nH]c(=O)c2c1C. The summed E-state index contributed by atoms with van der Waals surface area (Å²) in [5.41, 5.74) is 0.901. The molecule has 0 unspecified atom stereocenters. The van der Waals surface area contributed by atoms with Gasteiger partial charge in [0.05, 0.1) is 5.39 Å². The first-order chi connectivity index (χ1) is 10.0. The van der Waals surface area contributed by atoms with E-state index in [4.69, 9.17) is 4.74 Å². The third-order valence-electron chi connectivity index (χ3n) is 3.26. The van der Waals surface area contributed by atoms with E-state index in [9.17, 15) is 4.79 Å². The molecule has 6 heteroatoms. The molecule has 0 aliphatic heterocycles. The molecule has 0 saturated carbocycles. The number of nitrogens with zero attached hydrogens (tertiary/aromatic N) is 1. The van der Waals surface area contributed by atoms with Crippen molar-refractivity contribution in [1.29, 1.82) is 0 Å². The molecule has 21 heavy (non-hydrogen) atoms. The Balaban J connectivity index is 1.90. The summed E-state index contributed by atoms with van der Waals surface area (Å²) in [7, 11) is 0. The average molecular weight is 365 g/mol. The summed E-state index contributed by atoms with van der Waals surface area (Å²) in [6, 6.07) is 7.55. The second-order valence-electron chi connectivity index (χ2n) is 4.72. The van der Waals surface area contributed by atoms with Gasteiger partial charge in [-0.25, -0.2) is 4.98 Å². The lowest BCUT2D eigenvalue weighted by Crippen LogP contribution is -2.13. The molecule has 0 atom stereocenters. The van der Waals surface area contributed by atoms with E-state index in [0.29, 0.717) is 11.2 Å². The number of nitrogens with one attached hydrogen (secondary N) is 1. The van der Waals surface area contributed by atoms with Gasteiger partial charge >= 0.3 is 0 Å². The van der Waals surface area contributed by atoms with Crippen LogP contribution in [-0.4, -0.2) is 9.97 Å². The summed E-state index contributed by atoms with van der Waals surface area (Å²) in [4.78, 5) is 21.3. The predicted octanol–water partition coefficient (Wildman–Crippen LogP) is 3.94. The number of thiophene rings is 1. The van der Waals surface area contributed by atoms with Gasteiger partial charge in [0, 0.05) is 9.35 Å². The fourth-order valence-electron chi connectivity index (χ4n) is 2.08. The molecule has 4 nitrogen and oxygen atoms in total. The van der Waals surface area contributed by atoms with Crippen molar-refractivity contribution in [1.82, 2.24) is 9.97 Å². The molecule has 0 aliphatic rings. The number of fused-ring (bicyclic) bond motifs is 1. The largest absolute Gasteiger partial charge is 0.486 e. The molecule has 0 amide bonds. The molecule has 108 valence electrons. The second kappa shape index (κ2) is 5.61. The molecule has 2 heterocycles. The lowest BCUT2D eigenvalue weighted by Gasteiger charge is -2.06. The molecule has 2 aromatic heterocycles. The third-order valence-corrected chi connectivity index (χ3v) is 4.85. The van der Waals surface area contributed by atoms with Crippen molar-refractivity contribution < 1.29 is 4.74 Å². The Labute approximate surface area is 133 Å². The number of aromatic amines is 1. The molecule has 3 rings (SSSR count). The van der Waals surface area contributed by atoms with Gasteiger partial charge in [0.15, 0.2) is 0 Å². The van der Waals surface area contributed by atoms with E-state index < -0.39 is 0 Å². The summed E-state index contributed by atoms with van der Waals surface area (Å²) >= 11 is 4.93. The quantitative estimate of drug-likeness (QED) is 0.765. The zero-order valence-electron chi connectivity index (χ0n) is 11.6. The number of ether oxygens (including phenoxy) is 1. The van der Waals surface area contributed by atoms with Gasteiger partial charge in [0.1, 0.15) is 23.0 Å². The zero-order valence-corrected chi connectivity index (χ0v) is 14.0. The second-order valence-corrected chi connectivity index (χ2v) is 6.84. The van der Waals surface area contributed by atoms with Gasteiger partial charge < -0.3 is 9.72 Å². The van der Waals surface area contributed by atoms with Crippen LogP contribution < -0.4 is 10.3 Å². The topological polar surface area (TPSA) is 55.0 Å². The van der Waals surface area contributed by atoms with Crippen molar-refractivity contribution in [3.05, 3.63) is 55.4 Å².